The van der Waals surface area contributed by atoms with Crippen molar-refractivity contribution in [2.75, 3.05) is 26.4 Å². The first-order chi connectivity index (χ1) is 10.6. The highest BCUT2D eigenvalue weighted by atomic mass is 16.7. The molecule has 22 heavy (non-hydrogen) atoms. The van der Waals surface area contributed by atoms with E-state index >= 15 is 0 Å². The second kappa shape index (κ2) is 19.5. The van der Waals surface area contributed by atoms with Crippen LogP contribution in [0.15, 0.2) is 0 Å². The van der Waals surface area contributed by atoms with Crippen molar-refractivity contribution >= 4 is 12.3 Å². The minimum Gasteiger partial charge on any atom is -0.434 e. The van der Waals surface area contributed by atoms with Crippen molar-refractivity contribution in [1.82, 2.24) is 0 Å². The molecule has 132 valence electrons. The van der Waals surface area contributed by atoms with E-state index in [1.807, 2.05) is 27.7 Å². The number of ether oxygens (including phenoxy) is 4. The molecule has 0 aromatic rings. The predicted molar refractivity (Wildman–Crippen MR) is 85.0 cm³/mol. The molecule has 0 heterocycles. The average Bonchev–Trinajstić information content (AvgIpc) is 2.52. The smallest absolute Gasteiger partial charge is 0.434 e. The summed E-state index contributed by atoms with van der Waals surface area (Å²) in [6.07, 6.45) is 4.46. The number of carbonyl (C=O) groups excluding carboxylic acids is 2. The molecule has 0 aromatic heterocycles. The van der Waals surface area contributed by atoms with E-state index in [1.54, 1.807) is 0 Å². The molecule has 0 saturated carbocycles. The summed E-state index contributed by atoms with van der Waals surface area (Å²) in [5.74, 6) is 0. The molecule has 6 heteroatoms. The topological polar surface area (TPSA) is 71.1 Å². The highest BCUT2D eigenvalue weighted by molar-refractivity contribution is 5.60. The molecule has 0 fully saturated rings. The van der Waals surface area contributed by atoms with Gasteiger partial charge in [0.15, 0.2) is 0 Å². The van der Waals surface area contributed by atoms with Crippen LogP contribution in [0.5, 0.6) is 0 Å². The lowest BCUT2D eigenvalue weighted by molar-refractivity contribution is 0.0532. The molecular weight excluding hydrogens is 288 g/mol. The summed E-state index contributed by atoms with van der Waals surface area (Å²) in [4.78, 5) is 21.3. The zero-order valence-electron chi connectivity index (χ0n) is 14.5. The minimum absolute atomic E-state index is 0.447. The molecule has 0 rings (SSSR count). The third-order valence-corrected chi connectivity index (χ3v) is 2.28. The lowest BCUT2D eigenvalue weighted by Gasteiger charge is -2.04. The Bertz CT molecular complexity index is 233. The van der Waals surface area contributed by atoms with Gasteiger partial charge in [0.25, 0.3) is 0 Å². The zero-order valence-corrected chi connectivity index (χ0v) is 14.5. The van der Waals surface area contributed by atoms with Crippen molar-refractivity contribution in [3.8, 4) is 0 Å². The summed E-state index contributed by atoms with van der Waals surface area (Å²) >= 11 is 0. The number of hydrogen-bond donors (Lipinski definition) is 0. The Morgan fingerprint density at radius 1 is 0.545 bits per heavy atom. The normalized spacial score (nSPS) is 9.27. The number of rotatable bonds is 10. The summed E-state index contributed by atoms with van der Waals surface area (Å²) in [5.41, 5.74) is 0. The van der Waals surface area contributed by atoms with Crippen LogP contribution in [0, 0.1) is 0 Å². The third-order valence-electron chi connectivity index (χ3n) is 2.28. The average molecular weight is 320 g/mol. The fourth-order valence-electron chi connectivity index (χ4n) is 1.05. The molecule has 0 spiro atoms. The monoisotopic (exact) mass is 320 g/mol. The highest BCUT2D eigenvalue weighted by Gasteiger charge is 2.01. The van der Waals surface area contributed by atoms with E-state index < -0.39 is 12.3 Å². The molecule has 0 aromatic carbocycles. The summed E-state index contributed by atoms with van der Waals surface area (Å²) in [6, 6.07) is 0. The van der Waals surface area contributed by atoms with Crippen LogP contribution in [0.2, 0.25) is 0 Å². The van der Waals surface area contributed by atoms with Gasteiger partial charge in [-0.15, -0.1) is 0 Å². The van der Waals surface area contributed by atoms with Gasteiger partial charge in [0.2, 0.25) is 0 Å². The maximum Gasteiger partial charge on any atom is 0.508 e. The van der Waals surface area contributed by atoms with Crippen LogP contribution in [-0.4, -0.2) is 38.7 Å². The Morgan fingerprint density at radius 3 is 1.14 bits per heavy atom. The Hall–Kier alpha value is -1.46. The van der Waals surface area contributed by atoms with Gasteiger partial charge in [-0.2, -0.15) is 0 Å². The Balaban J connectivity index is 0. The maximum absolute atomic E-state index is 10.7. The van der Waals surface area contributed by atoms with Crippen molar-refractivity contribution in [2.45, 2.75) is 66.2 Å². The molecule has 0 radical (unpaired) electrons. The van der Waals surface area contributed by atoms with Gasteiger partial charge in [0, 0.05) is 0 Å². The molecule has 0 aliphatic heterocycles. The molecular formula is C16H32O6. The predicted octanol–water partition coefficient (Wildman–Crippen LogP) is 4.70. The van der Waals surface area contributed by atoms with Crippen LogP contribution >= 0.6 is 0 Å². The van der Waals surface area contributed by atoms with E-state index in [4.69, 9.17) is 9.47 Å². The van der Waals surface area contributed by atoms with Crippen LogP contribution in [-0.2, 0) is 18.9 Å². The summed E-state index contributed by atoms with van der Waals surface area (Å²) in [7, 11) is 0. The van der Waals surface area contributed by atoms with Crippen LogP contribution < -0.4 is 0 Å². The van der Waals surface area contributed by atoms with Gasteiger partial charge < -0.3 is 18.9 Å². The van der Waals surface area contributed by atoms with Gasteiger partial charge in [-0.1, -0.05) is 40.5 Å². The molecule has 0 aliphatic carbocycles. The molecule has 6 nitrogen and oxygen atoms in total. The zero-order chi connectivity index (χ0) is 17.1. The highest BCUT2D eigenvalue weighted by Crippen LogP contribution is 1.94. The molecule has 0 atom stereocenters. The standard InChI is InChI=1S/C9H18O3.C7H14O3/c1-3-5-7-11-9(10)12-8-6-4-2;1-3-5-9-7(8)10-6-4-2/h3-8H2,1-2H3;3-6H2,1-2H3. The lowest BCUT2D eigenvalue weighted by atomic mass is 10.4. The van der Waals surface area contributed by atoms with Crippen molar-refractivity contribution in [3.63, 3.8) is 0 Å². The third kappa shape index (κ3) is 20.8. The minimum atomic E-state index is -0.552. The Labute approximate surface area is 134 Å². The summed E-state index contributed by atoms with van der Waals surface area (Å²) in [5, 5.41) is 0. The van der Waals surface area contributed by atoms with Crippen LogP contribution in [0.3, 0.4) is 0 Å². The molecule has 0 bridgehead atoms. The first-order valence-corrected chi connectivity index (χ1v) is 8.21. The van der Waals surface area contributed by atoms with Crippen LogP contribution in [0.4, 0.5) is 9.59 Å². The van der Waals surface area contributed by atoms with Crippen molar-refractivity contribution in [3.05, 3.63) is 0 Å². The fourth-order valence-corrected chi connectivity index (χ4v) is 1.05. The van der Waals surface area contributed by atoms with Crippen molar-refractivity contribution in [2.24, 2.45) is 0 Å². The first-order valence-electron chi connectivity index (χ1n) is 8.21. The molecule has 0 saturated heterocycles. The molecule has 0 N–H and O–H groups in total. The van der Waals surface area contributed by atoms with Crippen molar-refractivity contribution < 1.29 is 28.5 Å². The van der Waals surface area contributed by atoms with Gasteiger partial charge in [-0.25, -0.2) is 9.59 Å². The van der Waals surface area contributed by atoms with Gasteiger partial charge in [0.1, 0.15) is 0 Å². The van der Waals surface area contributed by atoms with Crippen LogP contribution in [0.1, 0.15) is 66.2 Å². The van der Waals surface area contributed by atoms with E-state index in [-0.39, 0.29) is 0 Å². The first kappa shape index (κ1) is 22.8. The van der Waals surface area contributed by atoms with E-state index in [9.17, 15) is 9.59 Å². The van der Waals surface area contributed by atoms with E-state index in [2.05, 4.69) is 9.47 Å². The number of unbranched alkanes of at least 4 members (excludes halogenated alkanes) is 2. The van der Waals surface area contributed by atoms with Gasteiger partial charge in [-0.3, -0.25) is 0 Å². The Kier molecular flexibility index (Phi) is 20.3. The Morgan fingerprint density at radius 2 is 0.864 bits per heavy atom. The quantitative estimate of drug-likeness (QED) is 0.429. The van der Waals surface area contributed by atoms with E-state index in [0.29, 0.717) is 26.4 Å². The van der Waals surface area contributed by atoms with Crippen LogP contribution in [0.25, 0.3) is 0 Å². The molecule has 0 aliphatic rings. The lowest BCUT2D eigenvalue weighted by Crippen LogP contribution is -2.09. The summed E-state index contributed by atoms with van der Waals surface area (Å²) < 4.78 is 18.8. The number of hydrogen-bond acceptors (Lipinski definition) is 6. The van der Waals surface area contributed by atoms with E-state index in [0.717, 1.165) is 38.5 Å². The van der Waals surface area contributed by atoms with E-state index in [1.165, 1.54) is 0 Å². The van der Waals surface area contributed by atoms with Gasteiger partial charge in [-0.05, 0) is 25.7 Å². The fraction of sp³-hybridized carbons (Fsp3) is 0.875. The van der Waals surface area contributed by atoms with Gasteiger partial charge in [0.05, 0.1) is 26.4 Å². The van der Waals surface area contributed by atoms with Gasteiger partial charge >= 0.3 is 12.3 Å². The molecule has 0 amide bonds. The molecule has 0 unspecified atom stereocenters. The summed E-state index contributed by atoms with van der Waals surface area (Å²) in [6.45, 7) is 9.81. The maximum atomic E-state index is 10.7. The SMILES string of the molecule is CCCCOC(=O)OCCCC.CCCOC(=O)OCCC. The largest absolute Gasteiger partial charge is 0.508 e. The second-order valence-electron chi connectivity index (χ2n) is 4.60. The van der Waals surface area contributed by atoms with Crippen molar-refractivity contribution in [1.29, 1.82) is 0 Å². The number of carbonyl (C=O) groups is 2. The second-order valence-corrected chi connectivity index (χ2v) is 4.60.